The van der Waals surface area contributed by atoms with Crippen molar-refractivity contribution in [2.24, 2.45) is 0 Å². The number of hydrogen-bond acceptors (Lipinski definition) is 12. The number of carbonyl (C=O) groups excluding carboxylic acids is 4. The first-order valence-electron chi connectivity index (χ1n) is 14.9. The molecule has 7 N–H and O–H groups in total. The van der Waals surface area contributed by atoms with Crippen LogP contribution in [0.3, 0.4) is 0 Å². The topological polar surface area (TPSA) is 267 Å². The Morgan fingerprint density at radius 2 is 1.04 bits per heavy atom. The van der Waals surface area contributed by atoms with Gasteiger partial charge in [0.15, 0.2) is 0 Å². The molecule has 1 aliphatic carbocycles. The molecule has 0 aromatic carbocycles. The number of phosphoric ester groups is 1. The van der Waals surface area contributed by atoms with Gasteiger partial charge in [0.05, 0.1) is 52.4 Å². The van der Waals surface area contributed by atoms with E-state index in [-0.39, 0.29) is 51.6 Å². The van der Waals surface area contributed by atoms with Crippen LogP contribution >= 0.6 is 15.4 Å². The van der Waals surface area contributed by atoms with Crippen molar-refractivity contribution in [2.45, 2.75) is 50.7 Å². The van der Waals surface area contributed by atoms with Gasteiger partial charge in [-0.15, -0.1) is 0 Å². The van der Waals surface area contributed by atoms with Crippen LogP contribution in [0.2, 0.25) is 0 Å². The molecule has 0 saturated heterocycles. The molecule has 1 unspecified atom stereocenters. The lowest BCUT2D eigenvalue weighted by Crippen LogP contribution is -2.46. The van der Waals surface area contributed by atoms with Crippen molar-refractivity contribution in [3.63, 3.8) is 0 Å². The zero-order valence-corrected chi connectivity index (χ0v) is 27.8. The van der Waals surface area contributed by atoms with Crippen molar-refractivity contribution in [2.75, 3.05) is 85.8 Å². The maximum atomic E-state index is 12.1. The van der Waals surface area contributed by atoms with E-state index in [4.69, 9.17) is 33.3 Å². The van der Waals surface area contributed by atoms with Crippen LogP contribution in [0.5, 0.6) is 0 Å². The first-order valence-corrected chi connectivity index (χ1v) is 18.5. The number of phosphoric acid groups is 1. The summed E-state index contributed by atoms with van der Waals surface area (Å²) in [5.74, 6) is -3.09. The van der Waals surface area contributed by atoms with Crippen molar-refractivity contribution in [1.82, 2.24) is 21.3 Å². The molecule has 1 fully saturated rings. The number of hydrogen-bond donors (Lipinski definition) is 7. The highest BCUT2D eigenvalue weighted by molar-refractivity contribution is 7.51. The van der Waals surface area contributed by atoms with Gasteiger partial charge in [-0.1, -0.05) is 0 Å². The third-order valence-electron chi connectivity index (χ3n) is 6.03. The van der Waals surface area contributed by atoms with Gasteiger partial charge in [0, 0.05) is 45.6 Å². The summed E-state index contributed by atoms with van der Waals surface area (Å²) < 4.78 is 52.3. The van der Waals surface area contributed by atoms with E-state index in [1.54, 1.807) is 0 Å². The number of ether oxygens (including phenoxy) is 4. The van der Waals surface area contributed by atoms with Gasteiger partial charge in [-0.3, -0.25) is 28.3 Å². The lowest BCUT2D eigenvalue weighted by molar-refractivity contribution is -0.139. The average Bonchev–Trinajstić information content (AvgIpc) is 2.97. The highest BCUT2D eigenvalue weighted by Gasteiger charge is 2.28. The van der Waals surface area contributed by atoms with Gasteiger partial charge < -0.3 is 59.4 Å². The van der Waals surface area contributed by atoms with Gasteiger partial charge in [-0.05, 0) is 38.5 Å². The molecular weight excluding hydrogens is 658 g/mol. The van der Waals surface area contributed by atoms with Gasteiger partial charge in [0.1, 0.15) is 0 Å². The Kier molecular flexibility index (Phi) is 22.1. The predicted molar refractivity (Wildman–Crippen MR) is 161 cm³/mol. The average molecular weight is 707 g/mol. The molecule has 1 saturated carbocycles. The molecule has 1 atom stereocenters. The standard InChI is InChI=1S/C25H48N4O15P2/c1-45(34,35)44-21-6-4-20(5-7-21)29-25(33)24(32)27-9-3-12-40-15-17-42-16-14-39-11-2-8-26-22(30)23(31)28-10-13-41-18-19-43-46(36,37)38/h20-21H,2-19H2,1H3,(H,26,30)(H,27,32)(H,28,31)(H,29,33)(H,34,35)(H2,36,37,38)/t20-,21+. The van der Waals surface area contributed by atoms with E-state index in [1.807, 2.05) is 0 Å². The summed E-state index contributed by atoms with van der Waals surface area (Å²) >= 11 is 0. The number of nitrogens with one attached hydrogen (secondary N) is 4. The minimum atomic E-state index is -4.54. The van der Waals surface area contributed by atoms with E-state index in [9.17, 15) is 33.2 Å². The van der Waals surface area contributed by atoms with Crippen LogP contribution in [0.4, 0.5) is 0 Å². The fraction of sp³-hybridized carbons (Fsp3) is 0.840. The predicted octanol–water partition coefficient (Wildman–Crippen LogP) is -1.45. The lowest BCUT2D eigenvalue weighted by Gasteiger charge is -2.29. The molecular formula is C25H48N4O15P2. The quantitative estimate of drug-likeness (QED) is 0.0344. The van der Waals surface area contributed by atoms with Crippen LogP contribution < -0.4 is 21.3 Å². The largest absolute Gasteiger partial charge is 0.469 e. The van der Waals surface area contributed by atoms with Gasteiger partial charge in [-0.2, -0.15) is 0 Å². The molecule has 4 amide bonds. The Hall–Kier alpha value is -2.02. The summed E-state index contributed by atoms with van der Waals surface area (Å²) in [5.41, 5.74) is 0. The molecule has 268 valence electrons. The van der Waals surface area contributed by atoms with Crippen LogP contribution in [-0.2, 0) is 56.3 Å². The normalized spacial score (nSPS) is 17.9. The molecule has 0 spiro atoms. The maximum Gasteiger partial charge on any atom is 0.469 e. The number of rotatable bonds is 24. The SMILES string of the molecule is CP(=O)(O)O[C@H]1CC[C@@H](NC(=O)C(=O)NCCCOCCOCCOCCCNC(=O)C(=O)NCCOCCOP(=O)(O)O)CC1. The first-order chi connectivity index (χ1) is 21.8. The molecule has 1 aliphatic rings. The molecule has 0 aromatic rings. The van der Waals surface area contributed by atoms with Gasteiger partial charge in [0.25, 0.3) is 0 Å². The molecule has 0 radical (unpaired) electrons. The van der Waals surface area contributed by atoms with Crippen LogP contribution in [0.15, 0.2) is 0 Å². The highest BCUT2D eigenvalue weighted by atomic mass is 31.2. The van der Waals surface area contributed by atoms with Crippen molar-refractivity contribution >= 4 is 39.0 Å². The fourth-order valence-electron chi connectivity index (χ4n) is 3.93. The van der Waals surface area contributed by atoms with Crippen molar-refractivity contribution in [3.8, 4) is 0 Å². The first kappa shape index (κ1) is 42.0. The van der Waals surface area contributed by atoms with E-state index < -0.39 is 39.0 Å². The second-order valence-corrected chi connectivity index (χ2v) is 13.2. The van der Waals surface area contributed by atoms with Crippen molar-refractivity contribution in [3.05, 3.63) is 0 Å². The smallest absolute Gasteiger partial charge is 0.379 e. The highest BCUT2D eigenvalue weighted by Crippen LogP contribution is 2.41. The molecule has 0 aromatic heterocycles. The van der Waals surface area contributed by atoms with Crippen molar-refractivity contribution in [1.29, 1.82) is 0 Å². The van der Waals surface area contributed by atoms with Gasteiger partial charge in [-0.25, -0.2) is 4.57 Å². The molecule has 0 heterocycles. The number of amides is 4. The molecule has 46 heavy (non-hydrogen) atoms. The Bertz CT molecular complexity index is 1000. The lowest BCUT2D eigenvalue weighted by atomic mass is 9.93. The van der Waals surface area contributed by atoms with Gasteiger partial charge in [0.2, 0.25) is 0 Å². The third-order valence-corrected chi connectivity index (χ3v) is 7.24. The molecule has 1 rings (SSSR count). The number of carbonyl (C=O) groups is 4. The minimum Gasteiger partial charge on any atom is -0.379 e. The zero-order chi connectivity index (χ0) is 34.3. The Morgan fingerprint density at radius 1 is 0.609 bits per heavy atom. The van der Waals surface area contributed by atoms with Gasteiger partial charge >= 0.3 is 39.0 Å². The summed E-state index contributed by atoms with van der Waals surface area (Å²) in [6.45, 7) is 3.40. The summed E-state index contributed by atoms with van der Waals surface area (Å²) in [7, 11) is -8.09. The maximum absolute atomic E-state index is 12.1. The van der Waals surface area contributed by atoms with Crippen molar-refractivity contribution < 1.29 is 71.0 Å². The Labute approximate surface area is 267 Å². The molecule has 19 nitrogen and oxygen atoms in total. The summed E-state index contributed by atoms with van der Waals surface area (Å²) in [4.78, 5) is 73.8. The van der Waals surface area contributed by atoms with E-state index in [2.05, 4.69) is 25.8 Å². The zero-order valence-electron chi connectivity index (χ0n) is 26.0. The van der Waals surface area contributed by atoms with Crippen LogP contribution in [0.25, 0.3) is 0 Å². The fourth-order valence-corrected chi connectivity index (χ4v) is 5.01. The van der Waals surface area contributed by atoms with E-state index >= 15 is 0 Å². The Balaban J connectivity index is 1.86. The molecule has 0 aliphatic heterocycles. The van der Waals surface area contributed by atoms with Crippen LogP contribution in [0.1, 0.15) is 38.5 Å². The molecule has 21 heteroatoms. The summed E-state index contributed by atoms with van der Waals surface area (Å²) in [6, 6.07) is -0.184. The Morgan fingerprint density at radius 3 is 1.54 bits per heavy atom. The minimum absolute atomic E-state index is 0.0352. The van der Waals surface area contributed by atoms with E-state index in [0.717, 1.165) is 6.66 Å². The van der Waals surface area contributed by atoms with Crippen LogP contribution in [-0.4, -0.2) is 136 Å². The molecule has 0 bridgehead atoms. The third kappa shape index (κ3) is 24.2. The van der Waals surface area contributed by atoms with Crippen LogP contribution in [0, 0.1) is 0 Å². The van der Waals surface area contributed by atoms with E-state index in [1.165, 1.54) is 0 Å². The van der Waals surface area contributed by atoms with E-state index in [0.29, 0.717) is 78.2 Å². The monoisotopic (exact) mass is 706 g/mol. The summed E-state index contributed by atoms with van der Waals surface area (Å²) in [6.07, 6.45) is 2.83. The second-order valence-electron chi connectivity index (χ2n) is 10.1. The summed E-state index contributed by atoms with van der Waals surface area (Å²) in [5, 5.41) is 10.0. The second kappa shape index (κ2) is 24.2.